The third kappa shape index (κ3) is 1.71. The maximum Gasteiger partial charge on any atom is 0.139 e. The maximum atomic E-state index is 12.4. The van der Waals surface area contributed by atoms with Crippen LogP contribution in [0.15, 0.2) is 0 Å². The van der Waals surface area contributed by atoms with Gasteiger partial charge in [-0.25, -0.2) is 0 Å². The average molecular weight is 288 g/mol. The predicted octanol–water partition coefficient (Wildman–Crippen LogP) is 4.17. The van der Waals surface area contributed by atoms with Crippen molar-refractivity contribution < 1.29 is 9.59 Å². The van der Waals surface area contributed by atoms with Crippen LogP contribution in [0.3, 0.4) is 0 Å². The highest BCUT2D eigenvalue weighted by molar-refractivity contribution is 5.87. The molecule has 4 rings (SSSR count). The molecule has 0 amide bonds. The van der Waals surface area contributed by atoms with Gasteiger partial charge in [0.15, 0.2) is 0 Å². The summed E-state index contributed by atoms with van der Waals surface area (Å²) in [6, 6.07) is 0. The van der Waals surface area contributed by atoms with Crippen molar-refractivity contribution in [1.29, 1.82) is 0 Å². The molecule has 0 aromatic rings. The second kappa shape index (κ2) is 4.43. The first kappa shape index (κ1) is 14.0. The molecule has 2 nitrogen and oxygen atoms in total. The number of ketones is 2. The Morgan fingerprint density at radius 1 is 0.905 bits per heavy atom. The third-order valence-corrected chi connectivity index (χ3v) is 8.11. The first-order valence-electron chi connectivity index (χ1n) is 9.03. The molecule has 6 atom stereocenters. The Balaban J connectivity index is 1.68. The molecular formula is C19H28O2. The number of fused-ring (bicyclic) bond motifs is 5. The second-order valence-corrected chi connectivity index (χ2v) is 8.75. The third-order valence-electron chi connectivity index (χ3n) is 8.11. The van der Waals surface area contributed by atoms with Crippen molar-refractivity contribution in [2.75, 3.05) is 0 Å². The molecule has 0 unspecified atom stereocenters. The van der Waals surface area contributed by atoms with Crippen LogP contribution in [0.25, 0.3) is 0 Å². The fourth-order valence-corrected chi connectivity index (χ4v) is 6.93. The van der Waals surface area contributed by atoms with Gasteiger partial charge in [-0.2, -0.15) is 0 Å². The van der Waals surface area contributed by atoms with Gasteiger partial charge >= 0.3 is 0 Å². The number of carbonyl (C=O) groups is 2. The maximum absolute atomic E-state index is 12.4. The summed E-state index contributed by atoms with van der Waals surface area (Å²) in [6.45, 7) is 4.65. The second-order valence-electron chi connectivity index (χ2n) is 8.75. The molecule has 0 aliphatic heterocycles. The number of hydrogen-bond donors (Lipinski definition) is 0. The van der Waals surface area contributed by atoms with Crippen LogP contribution in [0.4, 0.5) is 0 Å². The van der Waals surface area contributed by atoms with Crippen LogP contribution in [0.2, 0.25) is 0 Å². The van der Waals surface area contributed by atoms with Crippen LogP contribution in [-0.2, 0) is 9.59 Å². The van der Waals surface area contributed by atoms with Gasteiger partial charge in [0.1, 0.15) is 11.6 Å². The molecule has 0 heterocycles. The quantitative estimate of drug-likeness (QED) is 0.670. The van der Waals surface area contributed by atoms with E-state index in [0.29, 0.717) is 35.2 Å². The van der Waals surface area contributed by atoms with Gasteiger partial charge in [-0.15, -0.1) is 0 Å². The smallest absolute Gasteiger partial charge is 0.139 e. The van der Waals surface area contributed by atoms with E-state index in [1.165, 1.54) is 19.3 Å². The van der Waals surface area contributed by atoms with E-state index in [1.54, 1.807) is 0 Å². The summed E-state index contributed by atoms with van der Waals surface area (Å²) < 4.78 is 0. The molecule has 4 aliphatic carbocycles. The molecule has 0 spiro atoms. The minimum absolute atomic E-state index is 0.0248. The zero-order valence-electron chi connectivity index (χ0n) is 13.5. The van der Waals surface area contributed by atoms with Gasteiger partial charge in [-0.1, -0.05) is 13.8 Å². The summed E-state index contributed by atoms with van der Waals surface area (Å²) in [6.07, 6.45) is 9.63. The van der Waals surface area contributed by atoms with Gasteiger partial charge < -0.3 is 0 Å². The molecule has 4 fully saturated rings. The summed E-state index contributed by atoms with van der Waals surface area (Å²) in [5, 5.41) is 0. The van der Waals surface area contributed by atoms with E-state index in [4.69, 9.17) is 0 Å². The Labute approximate surface area is 128 Å². The van der Waals surface area contributed by atoms with Crippen LogP contribution >= 0.6 is 0 Å². The van der Waals surface area contributed by atoms with Crippen molar-refractivity contribution >= 4 is 11.6 Å². The van der Waals surface area contributed by atoms with Gasteiger partial charge in [-0.05, 0) is 68.1 Å². The van der Waals surface area contributed by atoms with Gasteiger partial charge in [0.05, 0.1) is 0 Å². The molecule has 0 N–H and O–H groups in total. The van der Waals surface area contributed by atoms with E-state index in [-0.39, 0.29) is 10.8 Å². The van der Waals surface area contributed by atoms with E-state index >= 15 is 0 Å². The van der Waals surface area contributed by atoms with E-state index in [9.17, 15) is 9.59 Å². The minimum Gasteiger partial charge on any atom is -0.299 e. The summed E-state index contributed by atoms with van der Waals surface area (Å²) in [5.41, 5.74) is 0.217. The standard InChI is InChI=1S/C19H28O2/c1-18-10-3-4-16(20)15(18)6-5-12-13-7-8-17(21)19(13,2)11-9-14(12)18/h12-15H,3-11H2,1-2H3/t12-,13-,14-,15+,18+,19-/m0/s1. The van der Waals surface area contributed by atoms with Crippen LogP contribution in [0.5, 0.6) is 0 Å². The van der Waals surface area contributed by atoms with Crippen molar-refractivity contribution in [3.05, 3.63) is 0 Å². The Kier molecular flexibility index (Phi) is 2.94. The van der Waals surface area contributed by atoms with Gasteiger partial charge in [0.2, 0.25) is 0 Å². The monoisotopic (exact) mass is 288 g/mol. The minimum atomic E-state index is -0.0248. The summed E-state index contributed by atoms with van der Waals surface area (Å²) in [4.78, 5) is 24.8. The molecule has 21 heavy (non-hydrogen) atoms. The summed E-state index contributed by atoms with van der Waals surface area (Å²) >= 11 is 0. The Morgan fingerprint density at radius 3 is 2.52 bits per heavy atom. The first-order valence-corrected chi connectivity index (χ1v) is 9.03. The van der Waals surface area contributed by atoms with Crippen molar-refractivity contribution in [2.24, 2.45) is 34.5 Å². The molecule has 2 heteroatoms. The van der Waals surface area contributed by atoms with E-state index < -0.39 is 0 Å². The van der Waals surface area contributed by atoms with Gasteiger partial charge in [0.25, 0.3) is 0 Å². The van der Waals surface area contributed by atoms with Gasteiger partial charge in [-0.3, -0.25) is 9.59 Å². The van der Waals surface area contributed by atoms with Crippen LogP contribution in [0, 0.1) is 34.5 Å². The van der Waals surface area contributed by atoms with Crippen molar-refractivity contribution in [3.63, 3.8) is 0 Å². The van der Waals surface area contributed by atoms with Gasteiger partial charge in [0, 0.05) is 24.2 Å². The Morgan fingerprint density at radius 2 is 1.71 bits per heavy atom. The highest BCUT2D eigenvalue weighted by atomic mass is 16.1. The average Bonchev–Trinajstić information content (AvgIpc) is 2.75. The Hall–Kier alpha value is -0.660. The molecule has 0 aromatic heterocycles. The molecule has 0 aromatic carbocycles. The molecule has 0 bridgehead atoms. The topological polar surface area (TPSA) is 34.1 Å². The van der Waals surface area contributed by atoms with Crippen molar-refractivity contribution in [2.45, 2.75) is 71.6 Å². The lowest BCUT2D eigenvalue weighted by molar-refractivity contribution is -0.151. The molecular weight excluding hydrogens is 260 g/mol. The lowest BCUT2D eigenvalue weighted by atomic mass is 9.45. The van der Waals surface area contributed by atoms with Crippen molar-refractivity contribution in [3.8, 4) is 0 Å². The number of carbonyl (C=O) groups excluding carboxylic acids is 2. The highest BCUT2D eigenvalue weighted by Crippen LogP contribution is 2.64. The molecule has 116 valence electrons. The SMILES string of the molecule is C[C@]12CCCC(=O)[C@H]1CC[C@@H]1[C@@H]2CC[C@]2(C)C(=O)CC[C@@H]12. The van der Waals surface area contributed by atoms with Crippen molar-refractivity contribution in [1.82, 2.24) is 0 Å². The fourth-order valence-electron chi connectivity index (χ4n) is 6.93. The number of rotatable bonds is 0. The number of hydrogen-bond acceptors (Lipinski definition) is 2. The number of Topliss-reactive ketones (excluding diaryl/α,β-unsaturated/α-hetero) is 2. The zero-order valence-corrected chi connectivity index (χ0v) is 13.5. The van der Waals surface area contributed by atoms with E-state index in [2.05, 4.69) is 13.8 Å². The van der Waals surface area contributed by atoms with Crippen LogP contribution in [0.1, 0.15) is 71.6 Å². The predicted molar refractivity (Wildman–Crippen MR) is 81.7 cm³/mol. The summed E-state index contributed by atoms with van der Waals surface area (Å²) in [5.74, 6) is 3.41. The normalized spacial score (nSPS) is 53.0. The lowest BCUT2D eigenvalue weighted by Crippen LogP contribution is -2.54. The lowest BCUT2D eigenvalue weighted by Gasteiger charge is -2.58. The first-order chi connectivity index (χ1) is 9.97. The molecule has 4 saturated carbocycles. The highest BCUT2D eigenvalue weighted by Gasteiger charge is 2.60. The van der Waals surface area contributed by atoms with E-state index in [0.717, 1.165) is 38.5 Å². The Bertz CT molecular complexity index is 496. The fraction of sp³-hybridized carbons (Fsp3) is 0.895. The molecule has 4 aliphatic rings. The zero-order chi connectivity index (χ0) is 14.8. The molecule has 0 radical (unpaired) electrons. The largest absolute Gasteiger partial charge is 0.299 e. The van der Waals surface area contributed by atoms with Crippen LogP contribution < -0.4 is 0 Å². The van der Waals surface area contributed by atoms with E-state index in [1.807, 2.05) is 0 Å². The van der Waals surface area contributed by atoms with Crippen LogP contribution in [-0.4, -0.2) is 11.6 Å². The summed E-state index contributed by atoms with van der Waals surface area (Å²) in [7, 11) is 0. The molecule has 0 saturated heterocycles.